The first-order chi connectivity index (χ1) is 9.66. The van der Waals surface area contributed by atoms with E-state index >= 15 is 0 Å². The van der Waals surface area contributed by atoms with Crippen molar-refractivity contribution in [1.82, 2.24) is 10.2 Å². The molecule has 3 nitrogen and oxygen atoms in total. The number of H-pyrrole nitrogens is 1. The van der Waals surface area contributed by atoms with E-state index in [1.807, 2.05) is 6.92 Å². The molecule has 0 unspecified atom stereocenters. The van der Waals surface area contributed by atoms with Crippen LogP contribution in [0.5, 0.6) is 5.75 Å². The van der Waals surface area contributed by atoms with E-state index in [4.69, 9.17) is 4.74 Å². The molecule has 0 aliphatic rings. The van der Waals surface area contributed by atoms with Crippen molar-refractivity contribution in [3.05, 3.63) is 47.0 Å². The van der Waals surface area contributed by atoms with Crippen LogP contribution in [-0.4, -0.2) is 16.8 Å². The van der Waals surface area contributed by atoms with E-state index in [-0.39, 0.29) is 5.82 Å². The number of aryl methyl sites for hydroxylation is 2. The zero-order valence-corrected chi connectivity index (χ0v) is 12.1. The van der Waals surface area contributed by atoms with Gasteiger partial charge in [-0.15, -0.1) is 0 Å². The van der Waals surface area contributed by atoms with Gasteiger partial charge in [0.05, 0.1) is 12.3 Å². The summed E-state index contributed by atoms with van der Waals surface area (Å²) in [6.07, 6.45) is 4.32. The monoisotopic (exact) mass is 276 g/mol. The minimum Gasteiger partial charge on any atom is -0.494 e. The summed E-state index contributed by atoms with van der Waals surface area (Å²) in [4.78, 5) is 0. The molecule has 0 bridgehead atoms. The number of hydrogen-bond acceptors (Lipinski definition) is 2. The summed E-state index contributed by atoms with van der Waals surface area (Å²) in [7, 11) is 0. The third kappa shape index (κ3) is 4.08. The molecule has 0 saturated heterocycles. The summed E-state index contributed by atoms with van der Waals surface area (Å²) >= 11 is 0. The Kier molecular flexibility index (Phi) is 5.16. The smallest absolute Gasteiger partial charge is 0.123 e. The van der Waals surface area contributed by atoms with Gasteiger partial charge in [0.25, 0.3) is 0 Å². The molecule has 0 radical (unpaired) electrons. The quantitative estimate of drug-likeness (QED) is 0.777. The molecule has 0 atom stereocenters. The predicted octanol–water partition coefficient (Wildman–Crippen LogP) is 3.96. The summed E-state index contributed by atoms with van der Waals surface area (Å²) in [5.41, 5.74) is 3.61. The second-order valence-electron chi connectivity index (χ2n) is 5.03. The van der Waals surface area contributed by atoms with Gasteiger partial charge in [-0.2, -0.15) is 5.10 Å². The van der Waals surface area contributed by atoms with Gasteiger partial charge in [0.1, 0.15) is 11.6 Å². The third-order valence-electron chi connectivity index (χ3n) is 3.43. The molecule has 1 N–H and O–H groups in total. The number of rotatable bonds is 7. The Morgan fingerprint density at radius 1 is 1.10 bits per heavy atom. The van der Waals surface area contributed by atoms with Gasteiger partial charge in [0, 0.05) is 5.69 Å². The highest BCUT2D eigenvalue weighted by Crippen LogP contribution is 2.14. The SMILES string of the molecule is Cc1n[nH]c(C)c1CCCCCOc1ccc(F)cc1. The van der Waals surface area contributed by atoms with E-state index < -0.39 is 0 Å². The Hall–Kier alpha value is -1.84. The maximum Gasteiger partial charge on any atom is 0.123 e. The molecule has 20 heavy (non-hydrogen) atoms. The molecule has 2 aromatic rings. The van der Waals surface area contributed by atoms with Gasteiger partial charge >= 0.3 is 0 Å². The van der Waals surface area contributed by atoms with Crippen molar-refractivity contribution >= 4 is 0 Å². The molecular weight excluding hydrogens is 255 g/mol. The van der Waals surface area contributed by atoms with Crippen LogP contribution in [0.15, 0.2) is 24.3 Å². The van der Waals surface area contributed by atoms with Gasteiger partial charge in [-0.1, -0.05) is 0 Å². The summed E-state index contributed by atoms with van der Waals surface area (Å²) in [6.45, 7) is 4.78. The number of nitrogens with zero attached hydrogens (tertiary/aromatic N) is 1. The van der Waals surface area contributed by atoms with Gasteiger partial charge in [0.15, 0.2) is 0 Å². The molecule has 108 valence electrons. The summed E-state index contributed by atoms with van der Waals surface area (Å²) < 4.78 is 18.3. The van der Waals surface area contributed by atoms with E-state index in [2.05, 4.69) is 17.1 Å². The van der Waals surface area contributed by atoms with E-state index in [0.29, 0.717) is 6.61 Å². The van der Waals surface area contributed by atoms with Crippen LogP contribution in [0.4, 0.5) is 4.39 Å². The van der Waals surface area contributed by atoms with Gasteiger partial charge in [-0.25, -0.2) is 4.39 Å². The average molecular weight is 276 g/mol. The number of aromatic amines is 1. The first-order valence-corrected chi connectivity index (χ1v) is 7.05. The molecule has 0 fully saturated rings. The van der Waals surface area contributed by atoms with E-state index in [1.165, 1.54) is 23.4 Å². The summed E-state index contributed by atoms with van der Waals surface area (Å²) in [5, 5.41) is 7.21. The minimum atomic E-state index is -0.233. The molecule has 0 spiro atoms. The Morgan fingerprint density at radius 3 is 2.50 bits per heavy atom. The van der Waals surface area contributed by atoms with E-state index in [0.717, 1.165) is 37.1 Å². The maximum atomic E-state index is 12.7. The normalized spacial score (nSPS) is 10.8. The molecule has 0 amide bonds. The second-order valence-corrected chi connectivity index (χ2v) is 5.03. The van der Waals surface area contributed by atoms with Crippen molar-refractivity contribution in [1.29, 1.82) is 0 Å². The number of unbranched alkanes of at least 4 members (excludes halogenated alkanes) is 2. The van der Waals surface area contributed by atoms with Crippen LogP contribution in [-0.2, 0) is 6.42 Å². The van der Waals surface area contributed by atoms with Crippen LogP contribution in [0.2, 0.25) is 0 Å². The lowest BCUT2D eigenvalue weighted by molar-refractivity contribution is 0.305. The topological polar surface area (TPSA) is 37.9 Å². The highest BCUT2D eigenvalue weighted by Gasteiger charge is 2.05. The molecule has 2 rings (SSSR count). The lowest BCUT2D eigenvalue weighted by atomic mass is 10.1. The standard InChI is InChI=1S/C16H21FN2O/c1-12-16(13(2)19-18-12)6-4-3-5-11-20-15-9-7-14(17)8-10-15/h7-10H,3-6,11H2,1-2H3,(H,18,19). The number of aromatic nitrogens is 2. The van der Waals surface area contributed by atoms with Gasteiger partial charge in [0.2, 0.25) is 0 Å². The number of ether oxygens (including phenoxy) is 1. The molecule has 1 aromatic heterocycles. The van der Waals surface area contributed by atoms with Crippen molar-refractivity contribution in [2.24, 2.45) is 0 Å². The first kappa shape index (κ1) is 14.6. The van der Waals surface area contributed by atoms with Crippen molar-refractivity contribution in [2.45, 2.75) is 39.5 Å². The molecular formula is C16H21FN2O. The fourth-order valence-corrected chi connectivity index (χ4v) is 2.24. The zero-order chi connectivity index (χ0) is 14.4. The van der Waals surface area contributed by atoms with E-state index in [9.17, 15) is 4.39 Å². The average Bonchev–Trinajstić information content (AvgIpc) is 2.76. The molecule has 0 aliphatic heterocycles. The highest BCUT2D eigenvalue weighted by molar-refractivity contribution is 5.23. The van der Waals surface area contributed by atoms with Crippen molar-refractivity contribution in [3.63, 3.8) is 0 Å². The predicted molar refractivity (Wildman–Crippen MR) is 77.5 cm³/mol. The number of benzene rings is 1. The van der Waals surface area contributed by atoms with Gasteiger partial charge < -0.3 is 4.74 Å². The first-order valence-electron chi connectivity index (χ1n) is 7.05. The molecule has 1 aromatic carbocycles. The van der Waals surface area contributed by atoms with Crippen molar-refractivity contribution < 1.29 is 9.13 Å². The molecule has 4 heteroatoms. The molecule has 0 saturated carbocycles. The summed E-state index contributed by atoms with van der Waals surface area (Å²) in [6, 6.07) is 6.15. The van der Waals surface area contributed by atoms with Crippen LogP contribution in [0.1, 0.15) is 36.2 Å². The van der Waals surface area contributed by atoms with Gasteiger partial charge in [-0.3, -0.25) is 5.10 Å². The summed E-state index contributed by atoms with van der Waals surface area (Å²) in [5.74, 6) is 0.496. The van der Waals surface area contributed by atoms with Crippen LogP contribution in [0, 0.1) is 19.7 Å². The number of nitrogens with one attached hydrogen (secondary N) is 1. The Labute approximate surface area is 119 Å². The lowest BCUT2D eigenvalue weighted by Gasteiger charge is -2.06. The van der Waals surface area contributed by atoms with Crippen LogP contribution in [0.3, 0.4) is 0 Å². The second kappa shape index (κ2) is 7.08. The Balaban J connectivity index is 1.61. The fraction of sp³-hybridized carbons (Fsp3) is 0.438. The molecule has 0 aliphatic carbocycles. The van der Waals surface area contributed by atoms with Crippen molar-refractivity contribution in [3.8, 4) is 5.75 Å². The van der Waals surface area contributed by atoms with Gasteiger partial charge in [-0.05, 0) is 69.4 Å². The fourth-order valence-electron chi connectivity index (χ4n) is 2.24. The Morgan fingerprint density at radius 2 is 1.85 bits per heavy atom. The largest absolute Gasteiger partial charge is 0.494 e. The van der Waals surface area contributed by atoms with Crippen LogP contribution in [0.25, 0.3) is 0 Å². The van der Waals surface area contributed by atoms with Crippen LogP contribution >= 0.6 is 0 Å². The molecule has 1 heterocycles. The van der Waals surface area contributed by atoms with E-state index in [1.54, 1.807) is 12.1 Å². The minimum absolute atomic E-state index is 0.233. The van der Waals surface area contributed by atoms with Crippen molar-refractivity contribution in [2.75, 3.05) is 6.61 Å². The third-order valence-corrected chi connectivity index (χ3v) is 3.43. The van der Waals surface area contributed by atoms with Crippen LogP contribution < -0.4 is 4.74 Å². The highest BCUT2D eigenvalue weighted by atomic mass is 19.1. The lowest BCUT2D eigenvalue weighted by Crippen LogP contribution is -1.98. The number of hydrogen-bond donors (Lipinski definition) is 1. The maximum absolute atomic E-state index is 12.7. The Bertz CT molecular complexity index is 514. The zero-order valence-electron chi connectivity index (χ0n) is 12.1. The number of halogens is 1.